The Balaban J connectivity index is 2.14. The molecule has 0 bridgehead atoms. The Morgan fingerprint density at radius 3 is 2.42 bits per heavy atom. The number of methoxy groups -OCH3 is 1. The molecule has 2 rings (SSSR count). The molecule has 1 aromatic carbocycles. The third-order valence-electron chi connectivity index (χ3n) is 3.48. The maximum Gasteiger partial charge on any atom is 0.265 e. The van der Waals surface area contributed by atoms with Crippen molar-refractivity contribution in [3.63, 3.8) is 0 Å². The molecule has 26 heavy (non-hydrogen) atoms. The molecule has 138 valence electrons. The Labute approximate surface area is 151 Å². The van der Waals surface area contributed by atoms with Crippen molar-refractivity contribution in [2.75, 3.05) is 7.11 Å². The topological polar surface area (TPSA) is 114 Å². The molecule has 0 spiro atoms. The number of sulfonamides is 1. The maximum atomic E-state index is 12.2. The zero-order chi connectivity index (χ0) is 19.2. The van der Waals surface area contributed by atoms with E-state index in [0.717, 1.165) is 6.20 Å². The van der Waals surface area contributed by atoms with Crippen molar-refractivity contribution in [2.45, 2.75) is 24.3 Å². The smallest absolute Gasteiger partial charge is 0.265 e. The number of nitrogens with zero attached hydrogens (tertiary/aromatic N) is 1. The van der Waals surface area contributed by atoms with E-state index in [0.29, 0.717) is 11.3 Å². The van der Waals surface area contributed by atoms with Gasteiger partial charge in [-0.3, -0.25) is 14.6 Å². The molecule has 1 aromatic heterocycles. The molecule has 0 saturated heterocycles. The van der Waals surface area contributed by atoms with Crippen molar-refractivity contribution in [3.05, 3.63) is 54.4 Å². The van der Waals surface area contributed by atoms with E-state index in [-0.39, 0.29) is 17.2 Å². The van der Waals surface area contributed by atoms with Crippen LogP contribution in [0.5, 0.6) is 5.75 Å². The van der Waals surface area contributed by atoms with Crippen LogP contribution in [0.4, 0.5) is 0 Å². The molecular weight excluding hydrogens is 358 g/mol. The summed E-state index contributed by atoms with van der Waals surface area (Å²) in [6.45, 7) is 1.32. The van der Waals surface area contributed by atoms with Gasteiger partial charge in [0, 0.05) is 19.3 Å². The third kappa shape index (κ3) is 5.28. The minimum atomic E-state index is -4.02. The van der Waals surface area contributed by atoms with Crippen molar-refractivity contribution in [2.24, 2.45) is 0 Å². The highest BCUT2D eigenvalue weighted by atomic mass is 32.2. The fourth-order valence-electron chi connectivity index (χ4n) is 2.28. The minimum Gasteiger partial charge on any atom is -0.497 e. The average molecular weight is 377 g/mol. The summed E-state index contributed by atoms with van der Waals surface area (Å²) in [5.74, 6) is -0.462. The first-order valence-corrected chi connectivity index (χ1v) is 9.17. The molecule has 0 aliphatic carbocycles. The van der Waals surface area contributed by atoms with E-state index in [4.69, 9.17) is 4.74 Å². The van der Waals surface area contributed by atoms with Gasteiger partial charge in [0.05, 0.1) is 19.6 Å². The largest absolute Gasteiger partial charge is 0.497 e. The minimum absolute atomic E-state index is 0.117. The van der Waals surface area contributed by atoms with Gasteiger partial charge in [0.25, 0.3) is 10.0 Å². The van der Waals surface area contributed by atoms with Gasteiger partial charge in [-0.1, -0.05) is 12.1 Å². The molecule has 0 saturated carbocycles. The summed E-state index contributed by atoms with van der Waals surface area (Å²) >= 11 is 0. The molecule has 2 N–H and O–H groups in total. The number of hydrogen-bond donors (Lipinski definition) is 2. The zero-order valence-corrected chi connectivity index (χ0v) is 15.1. The molecule has 1 atom stereocenters. The quantitative estimate of drug-likeness (QED) is 0.748. The van der Waals surface area contributed by atoms with Gasteiger partial charge >= 0.3 is 0 Å². The SMILES string of the molecule is COc1ccc(C(CC(=O)NS(=O)(=O)c2cccnc2)NC(C)=O)cc1. The second-order valence-electron chi connectivity index (χ2n) is 5.45. The number of pyridine rings is 1. The Hall–Kier alpha value is -2.94. The van der Waals surface area contributed by atoms with Crippen LogP contribution < -0.4 is 14.8 Å². The molecule has 0 radical (unpaired) electrons. The first-order chi connectivity index (χ1) is 12.3. The van der Waals surface area contributed by atoms with Crippen LogP contribution in [0.1, 0.15) is 24.9 Å². The van der Waals surface area contributed by atoms with Crippen LogP contribution >= 0.6 is 0 Å². The molecular formula is C17H19N3O5S. The molecule has 0 fully saturated rings. The number of carbonyl (C=O) groups is 2. The molecule has 2 amide bonds. The molecule has 1 unspecified atom stereocenters. The predicted octanol–water partition coefficient (Wildman–Crippen LogP) is 1.16. The predicted molar refractivity (Wildman–Crippen MR) is 93.7 cm³/mol. The highest BCUT2D eigenvalue weighted by Gasteiger charge is 2.22. The van der Waals surface area contributed by atoms with Crippen LogP contribution in [0.2, 0.25) is 0 Å². The number of benzene rings is 1. The van der Waals surface area contributed by atoms with E-state index in [1.54, 1.807) is 24.3 Å². The van der Waals surface area contributed by atoms with Gasteiger partial charge in [-0.2, -0.15) is 0 Å². The van der Waals surface area contributed by atoms with Gasteiger partial charge in [0.1, 0.15) is 10.6 Å². The van der Waals surface area contributed by atoms with Crippen molar-refractivity contribution in [1.82, 2.24) is 15.0 Å². The number of aromatic nitrogens is 1. The van der Waals surface area contributed by atoms with E-state index >= 15 is 0 Å². The van der Waals surface area contributed by atoms with Crippen molar-refractivity contribution in [3.8, 4) is 5.75 Å². The second kappa shape index (κ2) is 8.43. The number of carbonyl (C=O) groups excluding carboxylic acids is 2. The van der Waals surface area contributed by atoms with Gasteiger partial charge in [-0.05, 0) is 29.8 Å². The van der Waals surface area contributed by atoms with E-state index in [9.17, 15) is 18.0 Å². The van der Waals surface area contributed by atoms with Crippen molar-refractivity contribution < 1.29 is 22.7 Å². The van der Waals surface area contributed by atoms with Crippen molar-refractivity contribution in [1.29, 1.82) is 0 Å². The summed E-state index contributed by atoms with van der Waals surface area (Å²) in [4.78, 5) is 27.3. The summed E-state index contributed by atoms with van der Waals surface area (Å²) in [6.07, 6.45) is 2.33. The van der Waals surface area contributed by atoms with Gasteiger partial charge < -0.3 is 10.1 Å². The van der Waals surface area contributed by atoms with Gasteiger partial charge in [-0.15, -0.1) is 0 Å². The summed E-state index contributed by atoms with van der Waals surface area (Å²) in [5, 5.41) is 2.64. The Bertz CT molecular complexity index is 867. The first kappa shape index (κ1) is 19.4. The summed E-state index contributed by atoms with van der Waals surface area (Å²) in [5.41, 5.74) is 0.648. The number of hydrogen-bond acceptors (Lipinski definition) is 6. The second-order valence-corrected chi connectivity index (χ2v) is 7.13. The Morgan fingerprint density at radius 2 is 1.88 bits per heavy atom. The number of nitrogens with one attached hydrogen (secondary N) is 2. The normalized spacial score (nSPS) is 12.1. The lowest BCUT2D eigenvalue weighted by atomic mass is 10.0. The van der Waals surface area contributed by atoms with Crippen LogP contribution in [0.25, 0.3) is 0 Å². The van der Waals surface area contributed by atoms with E-state index in [2.05, 4.69) is 10.3 Å². The molecule has 2 aromatic rings. The van der Waals surface area contributed by atoms with Crippen LogP contribution in [0.3, 0.4) is 0 Å². The van der Waals surface area contributed by atoms with Crippen LogP contribution in [0.15, 0.2) is 53.7 Å². The summed E-state index contributed by atoms with van der Waals surface area (Å²) in [6, 6.07) is 8.88. The van der Waals surface area contributed by atoms with Crippen LogP contribution in [-0.4, -0.2) is 32.3 Å². The molecule has 1 heterocycles. The highest BCUT2D eigenvalue weighted by molar-refractivity contribution is 7.90. The van der Waals surface area contributed by atoms with E-state index < -0.39 is 22.0 Å². The Morgan fingerprint density at radius 1 is 1.19 bits per heavy atom. The van der Waals surface area contributed by atoms with Crippen LogP contribution in [-0.2, 0) is 19.6 Å². The Kier molecular flexibility index (Phi) is 6.29. The van der Waals surface area contributed by atoms with E-state index in [1.807, 2.05) is 4.72 Å². The summed E-state index contributed by atoms with van der Waals surface area (Å²) in [7, 11) is -2.50. The molecule has 9 heteroatoms. The monoisotopic (exact) mass is 377 g/mol. The van der Waals surface area contributed by atoms with Gasteiger partial charge in [0.2, 0.25) is 11.8 Å². The fraction of sp³-hybridized carbons (Fsp3) is 0.235. The molecule has 8 nitrogen and oxygen atoms in total. The summed E-state index contributed by atoms with van der Waals surface area (Å²) < 4.78 is 31.4. The number of ether oxygens (including phenoxy) is 1. The maximum absolute atomic E-state index is 12.2. The lowest BCUT2D eigenvalue weighted by Crippen LogP contribution is -2.35. The standard InChI is InChI=1S/C17H19N3O5S/c1-12(21)19-16(13-5-7-14(25-2)8-6-13)10-17(22)20-26(23,24)15-4-3-9-18-11-15/h3-9,11,16H,10H2,1-2H3,(H,19,21)(H,20,22). The third-order valence-corrected chi connectivity index (χ3v) is 4.84. The lowest BCUT2D eigenvalue weighted by molar-refractivity contribution is -0.121. The number of amides is 2. The first-order valence-electron chi connectivity index (χ1n) is 7.68. The van der Waals surface area contributed by atoms with Gasteiger partial charge in [-0.25, -0.2) is 13.1 Å². The average Bonchev–Trinajstić information content (AvgIpc) is 2.61. The van der Waals surface area contributed by atoms with E-state index in [1.165, 1.54) is 32.4 Å². The highest BCUT2D eigenvalue weighted by Crippen LogP contribution is 2.20. The molecule has 0 aliphatic heterocycles. The number of rotatable bonds is 7. The molecule has 0 aliphatic rings. The fourth-order valence-corrected chi connectivity index (χ4v) is 3.23. The van der Waals surface area contributed by atoms with Crippen LogP contribution in [0, 0.1) is 0 Å². The zero-order valence-electron chi connectivity index (χ0n) is 14.3. The lowest BCUT2D eigenvalue weighted by Gasteiger charge is -2.18. The van der Waals surface area contributed by atoms with Crippen molar-refractivity contribution >= 4 is 21.8 Å². The van der Waals surface area contributed by atoms with Gasteiger partial charge in [0.15, 0.2) is 0 Å².